The smallest absolute Gasteiger partial charge is 0.231 e. The quantitative estimate of drug-likeness (QED) is 0.725. The third-order valence-electron chi connectivity index (χ3n) is 4.99. The SMILES string of the molecule is Cc1nc2cc(CC(=O)N3CCc4ccccc43)ccc2n1C(C)C. The second kappa shape index (κ2) is 6.03. The highest BCUT2D eigenvalue weighted by Crippen LogP contribution is 2.28. The molecule has 1 aliphatic heterocycles. The van der Waals surface area contributed by atoms with Crippen LogP contribution >= 0.6 is 0 Å². The number of hydrogen-bond donors (Lipinski definition) is 0. The zero-order chi connectivity index (χ0) is 17.6. The van der Waals surface area contributed by atoms with E-state index >= 15 is 0 Å². The molecule has 4 heteroatoms. The van der Waals surface area contributed by atoms with Gasteiger partial charge < -0.3 is 9.47 Å². The summed E-state index contributed by atoms with van der Waals surface area (Å²) in [6, 6.07) is 14.8. The molecule has 1 aromatic heterocycles. The van der Waals surface area contributed by atoms with Gasteiger partial charge in [0.15, 0.2) is 0 Å². The standard InChI is InChI=1S/C21H23N3O/c1-14(2)24-15(3)22-18-12-16(8-9-20(18)24)13-21(25)23-11-10-17-6-4-5-7-19(17)23/h4-9,12,14H,10-11,13H2,1-3H3. The first-order valence-electron chi connectivity index (χ1n) is 8.90. The maximum absolute atomic E-state index is 12.8. The number of amides is 1. The molecule has 0 atom stereocenters. The molecule has 4 rings (SSSR count). The minimum atomic E-state index is 0.157. The Bertz CT molecular complexity index is 955. The van der Waals surface area contributed by atoms with E-state index < -0.39 is 0 Å². The number of benzene rings is 2. The van der Waals surface area contributed by atoms with Crippen molar-refractivity contribution in [1.82, 2.24) is 9.55 Å². The molecule has 2 aromatic carbocycles. The van der Waals surface area contributed by atoms with Crippen LogP contribution < -0.4 is 4.90 Å². The number of anilines is 1. The molecule has 3 aromatic rings. The van der Waals surface area contributed by atoms with Crippen LogP contribution in [0.3, 0.4) is 0 Å². The Morgan fingerprint density at radius 1 is 1.20 bits per heavy atom. The largest absolute Gasteiger partial charge is 0.326 e. The molecule has 0 fully saturated rings. The molecule has 25 heavy (non-hydrogen) atoms. The third kappa shape index (κ3) is 2.72. The van der Waals surface area contributed by atoms with Crippen molar-refractivity contribution in [2.75, 3.05) is 11.4 Å². The Hall–Kier alpha value is -2.62. The minimum absolute atomic E-state index is 0.157. The Balaban J connectivity index is 1.60. The molecular weight excluding hydrogens is 310 g/mol. The second-order valence-electron chi connectivity index (χ2n) is 7.05. The minimum Gasteiger partial charge on any atom is -0.326 e. The zero-order valence-electron chi connectivity index (χ0n) is 15.0. The van der Waals surface area contributed by atoms with Gasteiger partial charge in [-0.3, -0.25) is 4.79 Å². The molecule has 0 spiro atoms. The first kappa shape index (κ1) is 15.9. The summed E-state index contributed by atoms with van der Waals surface area (Å²) in [4.78, 5) is 19.4. The molecule has 2 heterocycles. The number of fused-ring (bicyclic) bond motifs is 2. The summed E-state index contributed by atoms with van der Waals surface area (Å²) in [6.07, 6.45) is 1.36. The summed E-state index contributed by atoms with van der Waals surface area (Å²) in [6.45, 7) is 7.14. The van der Waals surface area contributed by atoms with Crippen molar-refractivity contribution >= 4 is 22.6 Å². The highest BCUT2D eigenvalue weighted by molar-refractivity contribution is 5.97. The number of rotatable bonds is 3. The van der Waals surface area contributed by atoms with Crippen molar-refractivity contribution in [3.8, 4) is 0 Å². The lowest BCUT2D eigenvalue weighted by Gasteiger charge is -2.17. The van der Waals surface area contributed by atoms with Crippen molar-refractivity contribution < 1.29 is 4.79 Å². The van der Waals surface area contributed by atoms with Crippen LogP contribution in [0.2, 0.25) is 0 Å². The van der Waals surface area contributed by atoms with Crippen molar-refractivity contribution in [1.29, 1.82) is 0 Å². The summed E-state index contributed by atoms with van der Waals surface area (Å²) in [5.41, 5.74) is 5.45. The van der Waals surface area contributed by atoms with Gasteiger partial charge in [0.1, 0.15) is 5.82 Å². The monoisotopic (exact) mass is 333 g/mol. The molecular formula is C21H23N3O. The molecule has 0 saturated heterocycles. The first-order valence-corrected chi connectivity index (χ1v) is 8.90. The third-order valence-corrected chi connectivity index (χ3v) is 4.99. The maximum Gasteiger partial charge on any atom is 0.231 e. The van der Waals surface area contributed by atoms with E-state index in [2.05, 4.69) is 47.7 Å². The van der Waals surface area contributed by atoms with E-state index in [0.717, 1.165) is 41.1 Å². The van der Waals surface area contributed by atoms with Gasteiger partial charge in [-0.1, -0.05) is 24.3 Å². The topological polar surface area (TPSA) is 38.1 Å². The van der Waals surface area contributed by atoms with Crippen LogP contribution in [0, 0.1) is 6.92 Å². The van der Waals surface area contributed by atoms with Gasteiger partial charge >= 0.3 is 0 Å². The maximum atomic E-state index is 12.8. The molecule has 1 amide bonds. The van der Waals surface area contributed by atoms with Crippen LogP contribution in [0.15, 0.2) is 42.5 Å². The normalized spacial score (nSPS) is 13.7. The molecule has 0 unspecified atom stereocenters. The van der Waals surface area contributed by atoms with Gasteiger partial charge in [-0.2, -0.15) is 0 Å². The van der Waals surface area contributed by atoms with E-state index in [0.29, 0.717) is 12.5 Å². The summed E-state index contributed by atoms with van der Waals surface area (Å²) >= 11 is 0. The van der Waals surface area contributed by atoms with Crippen molar-refractivity contribution in [3.63, 3.8) is 0 Å². The fraction of sp³-hybridized carbons (Fsp3) is 0.333. The Morgan fingerprint density at radius 3 is 2.80 bits per heavy atom. The highest BCUT2D eigenvalue weighted by Gasteiger charge is 2.24. The Labute approximate surface area is 148 Å². The molecule has 0 saturated carbocycles. The number of nitrogens with zero attached hydrogens (tertiary/aromatic N) is 3. The van der Waals surface area contributed by atoms with Gasteiger partial charge in [-0.05, 0) is 56.5 Å². The lowest BCUT2D eigenvalue weighted by Crippen LogP contribution is -2.30. The van der Waals surface area contributed by atoms with Crippen molar-refractivity contribution in [3.05, 3.63) is 59.4 Å². The van der Waals surface area contributed by atoms with E-state index in [4.69, 9.17) is 0 Å². The van der Waals surface area contributed by atoms with Crippen LogP contribution in [0.1, 0.15) is 36.8 Å². The fourth-order valence-electron chi connectivity index (χ4n) is 3.89. The number of aryl methyl sites for hydroxylation is 1. The number of imidazole rings is 1. The Morgan fingerprint density at radius 2 is 2.00 bits per heavy atom. The number of aromatic nitrogens is 2. The van der Waals surface area contributed by atoms with E-state index in [1.807, 2.05) is 30.0 Å². The molecule has 1 aliphatic rings. The molecule has 0 bridgehead atoms. The van der Waals surface area contributed by atoms with Crippen LogP contribution in [-0.4, -0.2) is 22.0 Å². The predicted molar refractivity (Wildman–Crippen MR) is 101 cm³/mol. The molecule has 4 nitrogen and oxygen atoms in total. The summed E-state index contributed by atoms with van der Waals surface area (Å²) in [5, 5.41) is 0. The van der Waals surface area contributed by atoms with Crippen molar-refractivity contribution in [2.45, 2.75) is 39.7 Å². The average Bonchev–Trinajstić information content (AvgIpc) is 3.14. The molecule has 128 valence electrons. The lowest BCUT2D eigenvalue weighted by atomic mass is 10.1. The van der Waals surface area contributed by atoms with Crippen LogP contribution in [-0.2, 0) is 17.6 Å². The van der Waals surface area contributed by atoms with Gasteiger partial charge in [-0.25, -0.2) is 4.98 Å². The molecule has 0 N–H and O–H groups in total. The van der Waals surface area contributed by atoms with Gasteiger partial charge in [0.2, 0.25) is 5.91 Å². The second-order valence-corrected chi connectivity index (χ2v) is 7.05. The van der Waals surface area contributed by atoms with Gasteiger partial charge in [-0.15, -0.1) is 0 Å². The molecule has 0 aliphatic carbocycles. The fourth-order valence-corrected chi connectivity index (χ4v) is 3.89. The van der Waals surface area contributed by atoms with Gasteiger partial charge in [0, 0.05) is 18.3 Å². The van der Waals surface area contributed by atoms with E-state index in [-0.39, 0.29) is 5.91 Å². The van der Waals surface area contributed by atoms with E-state index in [9.17, 15) is 4.79 Å². The lowest BCUT2D eigenvalue weighted by molar-refractivity contribution is -0.117. The number of hydrogen-bond acceptors (Lipinski definition) is 2. The van der Waals surface area contributed by atoms with Gasteiger partial charge in [0.05, 0.1) is 17.5 Å². The first-order chi connectivity index (χ1) is 12.0. The number of para-hydroxylation sites is 1. The summed E-state index contributed by atoms with van der Waals surface area (Å²) in [5.74, 6) is 1.17. The predicted octanol–water partition coefficient (Wildman–Crippen LogP) is 4.06. The zero-order valence-corrected chi connectivity index (χ0v) is 15.0. The average molecular weight is 333 g/mol. The van der Waals surface area contributed by atoms with Crippen LogP contribution in [0.25, 0.3) is 11.0 Å². The summed E-state index contributed by atoms with van der Waals surface area (Å²) < 4.78 is 2.23. The highest BCUT2D eigenvalue weighted by atomic mass is 16.2. The van der Waals surface area contributed by atoms with Crippen LogP contribution in [0.4, 0.5) is 5.69 Å². The van der Waals surface area contributed by atoms with Gasteiger partial charge in [0.25, 0.3) is 0 Å². The van der Waals surface area contributed by atoms with Crippen molar-refractivity contribution in [2.24, 2.45) is 0 Å². The van der Waals surface area contributed by atoms with Crippen LogP contribution in [0.5, 0.6) is 0 Å². The van der Waals surface area contributed by atoms with E-state index in [1.165, 1.54) is 5.56 Å². The van der Waals surface area contributed by atoms with E-state index in [1.54, 1.807) is 0 Å². The summed E-state index contributed by atoms with van der Waals surface area (Å²) in [7, 11) is 0. The molecule has 0 radical (unpaired) electrons. The number of carbonyl (C=O) groups excluding carboxylic acids is 1. The number of carbonyl (C=O) groups is 1. The Kier molecular flexibility index (Phi) is 3.83.